The zero-order chi connectivity index (χ0) is 10.9. The molecule has 0 amide bonds. The highest BCUT2D eigenvalue weighted by Crippen LogP contribution is 2.01. The van der Waals surface area contributed by atoms with E-state index < -0.39 is 0 Å². The zero-order valence-electron chi connectivity index (χ0n) is 9.06. The van der Waals surface area contributed by atoms with Gasteiger partial charge in [0.1, 0.15) is 12.2 Å². The Balaban J connectivity index is 0.000000187. The molecule has 6 nitrogen and oxygen atoms in total. The first-order chi connectivity index (χ1) is 7.33. The van der Waals surface area contributed by atoms with Crippen LogP contribution in [-0.4, -0.2) is 30.6 Å². The van der Waals surface area contributed by atoms with Gasteiger partial charge >= 0.3 is 0 Å². The van der Waals surface area contributed by atoms with Crippen LogP contribution in [0, 0.1) is 6.92 Å². The van der Waals surface area contributed by atoms with Crippen LogP contribution in [0.3, 0.4) is 0 Å². The number of hydrogen-bond acceptors (Lipinski definition) is 4. The van der Waals surface area contributed by atoms with E-state index in [9.17, 15) is 0 Å². The van der Waals surface area contributed by atoms with Gasteiger partial charge < -0.3 is 4.98 Å². The fourth-order valence-corrected chi connectivity index (χ4v) is 1.08. The zero-order valence-corrected chi connectivity index (χ0v) is 9.06. The molecule has 15 heavy (non-hydrogen) atoms. The monoisotopic (exact) mass is 208 g/mol. The molecule has 0 saturated carbocycles. The minimum absolute atomic E-state index is 1.02. The first-order valence-electron chi connectivity index (χ1n) is 5.01. The standard InChI is InChI=1S/C8H14N2.CH2N4/c1-3-4-5-8-6-9-7(2)10-8;1-2-4-5-3-1/h6H,3-5H2,1-2H3,(H,9,10);1H,(H,2,3,4,5). The summed E-state index contributed by atoms with van der Waals surface area (Å²) >= 11 is 0. The molecule has 0 aromatic carbocycles. The summed E-state index contributed by atoms with van der Waals surface area (Å²) in [5.74, 6) is 1.02. The average Bonchev–Trinajstić information content (AvgIpc) is 2.88. The fourth-order valence-electron chi connectivity index (χ4n) is 1.08. The molecule has 82 valence electrons. The van der Waals surface area contributed by atoms with Gasteiger partial charge in [0, 0.05) is 6.20 Å². The van der Waals surface area contributed by atoms with Crippen LogP contribution in [0.25, 0.3) is 0 Å². The molecule has 6 heteroatoms. The molecule has 0 spiro atoms. The highest BCUT2D eigenvalue weighted by atomic mass is 15.5. The van der Waals surface area contributed by atoms with Gasteiger partial charge in [-0.2, -0.15) is 0 Å². The van der Waals surface area contributed by atoms with E-state index in [-0.39, 0.29) is 0 Å². The van der Waals surface area contributed by atoms with Crippen molar-refractivity contribution in [1.82, 2.24) is 30.6 Å². The topological polar surface area (TPSA) is 83.1 Å². The van der Waals surface area contributed by atoms with Crippen molar-refractivity contribution in [3.63, 3.8) is 0 Å². The molecule has 0 aliphatic rings. The lowest BCUT2D eigenvalue weighted by Gasteiger charge is -1.89. The Hall–Kier alpha value is -1.72. The molecule has 0 unspecified atom stereocenters. The number of imidazole rings is 1. The Morgan fingerprint density at radius 1 is 1.40 bits per heavy atom. The normalized spacial score (nSPS) is 9.47. The molecule has 2 aromatic heterocycles. The summed E-state index contributed by atoms with van der Waals surface area (Å²) in [5, 5.41) is 12.1. The van der Waals surface area contributed by atoms with E-state index in [1.54, 1.807) is 0 Å². The van der Waals surface area contributed by atoms with Crippen LogP contribution in [0.5, 0.6) is 0 Å². The van der Waals surface area contributed by atoms with Crippen LogP contribution in [-0.2, 0) is 6.42 Å². The molecule has 0 saturated heterocycles. The fraction of sp³-hybridized carbons (Fsp3) is 0.556. The number of nitrogens with one attached hydrogen (secondary N) is 2. The third-order valence-electron chi connectivity index (χ3n) is 1.82. The van der Waals surface area contributed by atoms with Crippen LogP contribution in [0.2, 0.25) is 0 Å². The molecule has 0 aliphatic heterocycles. The number of unbranched alkanes of at least 4 members (excludes halogenated alkanes) is 1. The molecular formula is C9H16N6. The maximum absolute atomic E-state index is 4.29. The Kier molecular flexibility index (Phi) is 5.07. The number of hydrogen-bond donors (Lipinski definition) is 2. The van der Waals surface area contributed by atoms with Gasteiger partial charge in [0.05, 0.1) is 5.69 Å². The maximum Gasteiger partial charge on any atom is 0.135 e. The van der Waals surface area contributed by atoms with Crippen molar-refractivity contribution in [3.8, 4) is 0 Å². The number of rotatable bonds is 3. The number of aryl methyl sites for hydroxylation is 2. The van der Waals surface area contributed by atoms with Crippen molar-refractivity contribution in [2.45, 2.75) is 33.1 Å². The average molecular weight is 208 g/mol. The second-order valence-corrected chi connectivity index (χ2v) is 3.14. The minimum Gasteiger partial charge on any atom is -0.349 e. The lowest BCUT2D eigenvalue weighted by molar-refractivity contribution is 0.779. The lowest BCUT2D eigenvalue weighted by atomic mass is 10.2. The minimum atomic E-state index is 1.02. The molecule has 0 fully saturated rings. The SMILES string of the molecule is CCCCc1c[nH]c(C)n1.c1nnn[nH]1. The summed E-state index contributed by atoms with van der Waals surface area (Å²) in [4.78, 5) is 7.36. The first kappa shape index (κ1) is 11.4. The maximum atomic E-state index is 4.29. The number of aromatic nitrogens is 6. The Labute approximate surface area is 88.5 Å². The Bertz CT molecular complexity index is 322. The van der Waals surface area contributed by atoms with Crippen molar-refractivity contribution >= 4 is 0 Å². The van der Waals surface area contributed by atoms with E-state index in [0.29, 0.717) is 0 Å². The van der Waals surface area contributed by atoms with Gasteiger partial charge in [-0.1, -0.05) is 13.3 Å². The highest BCUT2D eigenvalue weighted by Gasteiger charge is 1.94. The highest BCUT2D eigenvalue weighted by molar-refractivity contribution is 4.99. The van der Waals surface area contributed by atoms with Gasteiger partial charge in [-0.15, -0.1) is 5.10 Å². The van der Waals surface area contributed by atoms with Crippen LogP contribution in [0.15, 0.2) is 12.5 Å². The number of tetrazole rings is 1. The lowest BCUT2D eigenvalue weighted by Crippen LogP contribution is -1.83. The molecule has 0 aliphatic carbocycles. The van der Waals surface area contributed by atoms with Crippen molar-refractivity contribution in [3.05, 3.63) is 24.0 Å². The summed E-state index contributed by atoms with van der Waals surface area (Å²) in [6.07, 6.45) is 6.99. The summed E-state index contributed by atoms with van der Waals surface area (Å²) in [5.41, 5.74) is 1.19. The Morgan fingerprint density at radius 2 is 2.27 bits per heavy atom. The third kappa shape index (κ3) is 4.90. The van der Waals surface area contributed by atoms with E-state index in [4.69, 9.17) is 0 Å². The summed E-state index contributed by atoms with van der Waals surface area (Å²) in [7, 11) is 0. The summed E-state index contributed by atoms with van der Waals surface area (Å²) < 4.78 is 0. The van der Waals surface area contributed by atoms with Crippen molar-refractivity contribution in [1.29, 1.82) is 0 Å². The second-order valence-electron chi connectivity index (χ2n) is 3.14. The molecule has 2 N–H and O–H groups in total. The van der Waals surface area contributed by atoms with Crippen molar-refractivity contribution in [2.75, 3.05) is 0 Å². The number of aromatic amines is 2. The van der Waals surface area contributed by atoms with Gasteiger partial charge in [0.2, 0.25) is 0 Å². The van der Waals surface area contributed by atoms with Gasteiger partial charge in [-0.3, -0.25) is 0 Å². The molecular weight excluding hydrogens is 192 g/mol. The van der Waals surface area contributed by atoms with E-state index in [2.05, 4.69) is 37.5 Å². The summed E-state index contributed by atoms with van der Waals surface area (Å²) in [6.45, 7) is 4.18. The molecule has 0 atom stereocenters. The van der Waals surface area contributed by atoms with E-state index in [1.165, 1.54) is 24.9 Å². The predicted octanol–water partition coefficient (Wildman–Crippen LogP) is 1.26. The number of nitrogens with zero attached hydrogens (tertiary/aromatic N) is 4. The number of H-pyrrole nitrogens is 2. The Morgan fingerprint density at radius 3 is 2.67 bits per heavy atom. The van der Waals surface area contributed by atoms with Gasteiger partial charge in [0.15, 0.2) is 0 Å². The molecule has 2 aromatic rings. The molecule has 2 heterocycles. The van der Waals surface area contributed by atoms with Crippen molar-refractivity contribution in [2.24, 2.45) is 0 Å². The quantitative estimate of drug-likeness (QED) is 0.795. The molecule has 0 bridgehead atoms. The molecule has 0 radical (unpaired) electrons. The van der Waals surface area contributed by atoms with Crippen molar-refractivity contribution < 1.29 is 0 Å². The van der Waals surface area contributed by atoms with E-state index in [0.717, 1.165) is 12.2 Å². The second kappa shape index (κ2) is 6.69. The third-order valence-corrected chi connectivity index (χ3v) is 1.82. The van der Waals surface area contributed by atoms with Crippen LogP contribution >= 0.6 is 0 Å². The van der Waals surface area contributed by atoms with Gasteiger partial charge in [-0.05, 0) is 30.2 Å². The van der Waals surface area contributed by atoms with Crippen LogP contribution in [0.1, 0.15) is 31.3 Å². The van der Waals surface area contributed by atoms with E-state index in [1.807, 2.05) is 13.1 Å². The molecule has 2 rings (SSSR count). The van der Waals surface area contributed by atoms with Crippen LogP contribution in [0.4, 0.5) is 0 Å². The van der Waals surface area contributed by atoms with Crippen LogP contribution < -0.4 is 0 Å². The first-order valence-corrected chi connectivity index (χ1v) is 5.01. The largest absolute Gasteiger partial charge is 0.349 e. The van der Waals surface area contributed by atoms with Gasteiger partial charge in [-0.25, -0.2) is 10.1 Å². The van der Waals surface area contributed by atoms with Gasteiger partial charge in [0.25, 0.3) is 0 Å². The van der Waals surface area contributed by atoms with E-state index >= 15 is 0 Å². The predicted molar refractivity (Wildman–Crippen MR) is 56.1 cm³/mol. The summed E-state index contributed by atoms with van der Waals surface area (Å²) in [6, 6.07) is 0. The smallest absolute Gasteiger partial charge is 0.135 e.